The van der Waals surface area contributed by atoms with Crippen molar-refractivity contribution in [3.05, 3.63) is 26.8 Å². The molecule has 0 aliphatic heterocycles. The van der Waals surface area contributed by atoms with Crippen molar-refractivity contribution in [2.45, 2.75) is 13.1 Å². The number of nitrogens with one attached hydrogen (secondary N) is 2. The molecule has 0 spiro atoms. The third kappa shape index (κ3) is 2.54. The van der Waals surface area contributed by atoms with Gasteiger partial charge in [-0.3, -0.25) is 4.79 Å². The van der Waals surface area contributed by atoms with Crippen LogP contribution in [0.25, 0.3) is 0 Å². The number of anilines is 1. The van der Waals surface area contributed by atoms with Gasteiger partial charge in [0.25, 0.3) is 5.56 Å². The summed E-state index contributed by atoms with van der Waals surface area (Å²) in [6.45, 7) is 0.456. The minimum absolute atomic E-state index is 0.128. The maximum absolute atomic E-state index is 11.8. The van der Waals surface area contributed by atoms with Crippen molar-refractivity contribution < 1.29 is 0 Å². The molecule has 2 aromatic heterocycles. The fourth-order valence-corrected chi connectivity index (χ4v) is 1.67. The molecule has 92 valence electrons. The fourth-order valence-electron chi connectivity index (χ4n) is 1.22. The molecule has 0 aromatic carbocycles. The van der Waals surface area contributed by atoms with Crippen LogP contribution >= 0.6 is 15.9 Å². The number of rotatable bonds is 4. The zero-order valence-electron chi connectivity index (χ0n) is 9.09. The van der Waals surface area contributed by atoms with E-state index >= 15 is 0 Å². The van der Waals surface area contributed by atoms with Gasteiger partial charge in [-0.15, -0.1) is 16.6 Å². The molecule has 2 N–H and O–H groups in total. The molecule has 0 saturated carbocycles. The Balaban J connectivity index is 2.17. The first-order chi connectivity index (χ1) is 8.72. The lowest BCUT2D eigenvalue weighted by Crippen LogP contribution is -2.24. The van der Waals surface area contributed by atoms with E-state index in [0.717, 1.165) is 0 Å². The van der Waals surface area contributed by atoms with Crippen LogP contribution in [-0.4, -0.2) is 30.4 Å². The van der Waals surface area contributed by atoms with Gasteiger partial charge in [-0.1, -0.05) is 11.1 Å². The zero-order chi connectivity index (χ0) is 13.0. The van der Waals surface area contributed by atoms with Crippen LogP contribution < -0.4 is 10.9 Å². The lowest BCUT2D eigenvalue weighted by atomic mass is 10.4. The van der Waals surface area contributed by atoms with Crippen LogP contribution in [0.3, 0.4) is 0 Å². The van der Waals surface area contributed by atoms with E-state index in [1.807, 2.05) is 0 Å². The van der Waals surface area contributed by atoms with Gasteiger partial charge in [0.05, 0.1) is 18.4 Å². The van der Waals surface area contributed by atoms with Crippen LogP contribution in [0, 0.1) is 12.3 Å². The number of H-pyrrole nitrogens is 1. The Hall–Kier alpha value is -2.21. The molecule has 0 aliphatic carbocycles. The van der Waals surface area contributed by atoms with Crippen LogP contribution in [0.5, 0.6) is 0 Å². The molecule has 0 aliphatic rings. The Morgan fingerprint density at radius 2 is 2.44 bits per heavy atom. The number of hydrogen-bond acceptors (Lipinski definition) is 6. The molecule has 0 radical (unpaired) electrons. The third-order valence-corrected chi connectivity index (χ3v) is 2.82. The second kappa shape index (κ2) is 5.42. The first kappa shape index (κ1) is 12.3. The second-order valence-corrected chi connectivity index (χ2v) is 4.01. The predicted octanol–water partition coefficient (Wildman–Crippen LogP) is -0.236. The number of aromatic nitrogens is 6. The van der Waals surface area contributed by atoms with E-state index in [1.165, 1.54) is 10.9 Å². The summed E-state index contributed by atoms with van der Waals surface area (Å²) in [5.41, 5.74) is 0.240. The van der Waals surface area contributed by atoms with Crippen molar-refractivity contribution >= 4 is 21.6 Å². The topological polar surface area (TPSA) is 101 Å². The van der Waals surface area contributed by atoms with Crippen LogP contribution in [0.4, 0.5) is 5.69 Å². The number of nitrogens with zero attached hydrogens (tertiary/aromatic N) is 5. The van der Waals surface area contributed by atoms with Gasteiger partial charge in [0, 0.05) is 0 Å². The smallest absolute Gasteiger partial charge is 0.284 e. The van der Waals surface area contributed by atoms with Gasteiger partial charge in [0.15, 0.2) is 5.82 Å². The first-order valence-corrected chi connectivity index (χ1v) is 5.67. The Morgan fingerprint density at radius 1 is 1.61 bits per heavy atom. The summed E-state index contributed by atoms with van der Waals surface area (Å²) in [7, 11) is 0. The van der Waals surface area contributed by atoms with E-state index in [4.69, 9.17) is 6.42 Å². The van der Waals surface area contributed by atoms with Gasteiger partial charge in [0.1, 0.15) is 11.0 Å². The third-order valence-electron chi connectivity index (χ3n) is 2.05. The van der Waals surface area contributed by atoms with E-state index < -0.39 is 0 Å². The van der Waals surface area contributed by atoms with E-state index in [1.54, 1.807) is 0 Å². The molecule has 0 atom stereocenters. The number of terminal acetylenes is 1. The van der Waals surface area contributed by atoms with E-state index in [0.29, 0.717) is 22.5 Å². The summed E-state index contributed by atoms with van der Waals surface area (Å²) in [5, 5.41) is 20.2. The molecule has 0 saturated heterocycles. The molecule has 0 amide bonds. The lowest BCUT2D eigenvalue weighted by molar-refractivity contribution is 0.659. The average molecular weight is 310 g/mol. The molecule has 0 unspecified atom stereocenters. The van der Waals surface area contributed by atoms with Gasteiger partial charge in [-0.2, -0.15) is 10.3 Å². The number of aromatic amines is 1. The summed E-state index contributed by atoms with van der Waals surface area (Å²) < 4.78 is 1.54. The van der Waals surface area contributed by atoms with E-state index in [-0.39, 0.29) is 12.1 Å². The zero-order valence-corrected chi connectivity index (χ0v) is 10.7. The Labute approximate surface area is 110 Å². The van der Waals surface area contributed by atoms with Crippen LogP contribution in [0.2, 0.25) is 0 Å². The highest BCUT2D eigenvalue weighted by Gasteiger charge is 2.08. The Bertz CT molecular complexity index is 627. The molecule has 2 rings (SSSR count). The quantitative estimate of drug-likeness (QED) is 0.756. The standard InChI is InChI=1S/C9H8BrN7O/c1-2-3-17-9(18)8(10)6(4-12-17)11-5-7-13-15-16-14-7/h1,4,11H,3,5H2,(H,13,14,15,16). The molecular formula is C9H8BrN7O. The summed E-state index contributed by atoms with van der Waals surface area (Å²) in [6, 6.07) is 0. The fraction of sp³-hybridized carbons (Fsp3) is 0.222. The highest BCUT2D eigenvalue weighted by molar-refractivity contribution is 9.10. The summed E-state index contributed by atoms with van der Waals surface area (Å²) in [4.78, 5) is 11.8. The van der Waals surface area contributed by atoms with Gasteiger partial charge >= 0.3 is 0 Å². The van der Waals surface area contributed by atoms with Crippen LogP contribution in [-0.2, 0) is 13.1 Å². The Morgan fingerprint density at radius 3 is 3.11 bits per heavy atom. The lowest BCUT2D eigenvalue weighted by Gasteiger charge is -2.07. The van der Waals surface area contributed by atoms with Crippen molar-refractivity contribution in [2.24, 2.45) is 0 Å². The molecule has 9 heteroatoms. The summed E-state index contributed by atoms with van der Waals surface area (Å²) in [5.74, 6) is 2.83. The van der Waals surface area contributed by atoms with E-state index in [9.17, 15) is 4.79 Å². The van der Waals surface area contributed by atoms with Crippen molar-refractivity contribution in [1.29, 1.82) is 0 Å². The normalized spacial score (nSPS) is 10.0. The summed E-state index contributed by atoms with van der Waals surface area (Å²) >= 11 is 3.20. The molecule has 0 bridgehead atoms. The summed E-state index contributed by atoms with van der Waals surface area (Å²) in [6.07, 6.45) is 6.64. The molecular weight excluding hydrogens is 302 g/mol. The van der Waals surface area contributed by atoms with Crippen molar-refractivity contribution in [2.75, 3.05) is 5.32 Å². The number of hydrogen-bond donors (Lipinski definition) is 2. The molecule has 0 fully saturated rings. The van der Waals surface area contributed by atoms with Gasteiger partial charge < -0.3 is 5.32 Å². The van der Waals surface area contributed by atoms with Crippen molar-refractivity contribution in [3.63, 3.8) is 0 Å². The monoisotopic (exact) mass is 309 g/mol. The van der Waals surface area contributed by atoms with Crippen LogP contribution in [0.1, 0.15) is 5.82 Å². The maximum Gasteiger partial charge on any atom is 0.284 e. The second-order valence-electron chi connectivity index (χ2n) is 3.22. The largest absolute Gasteiger partial charge is 0.375 e. The minimum Gasteiger partial charge on any atom is -0.375 e. The molecule has 2 heterocycles. The molecule has 18 heavy (non-hydrogen) atoms. The first-order valence-electron chi connectivity index (χ1n) is 4.87. The van der Waals surface area contributed by atoms with Crippen molar-refractivity contribution in [3.8, 4) is 12.3 Å². The van der Waals surface area contributed by atoms with E-state index in [2.05, 4.69) is 52.9 Å². The minimum atomic E-state index is -0.300. The maximum atomic E-state index is 11.8. The number of halogens is 1. The SMILES string of the molecule is C#CCn1ncc(NCc2nn[nH]n2)c(Br)c1=O. The number of tetrazole rings is 1. The van der Waals surface area contributed by atoms with Crippen LogP contribution in [0.15, 0.2) is 15.5 Å². The predicted molar refractivity (Wildman–Crippen MR) is 66.5 cm³/mol. The van der Waals surface area contributed by atoms with Gasteiger partial charge in [-0.05, 0) is 15.9 Å². The molecule has 8 nitrogen and oxygen atoms in total. The highest BCUT2D eigenvalue weighted by atomic mass is 79.9. The molecule has 2 aromatic rings. The highest BCUT2D eigenvalue weighted by Crippen LogP contribution is 2.16. The van der Waals surface area contributed by atoms with Gasteiger partial charge in [-0.25, -0.2) is 4.68 Å². The Kier molecular flexibility index (Phi) is 3.69. The van der Waals surface area contributed by atoms with Gasteiger partial charge in [0.2, 0.25) is 0 Å². The average Bonchev–Trinajstić information content (AvgIpc) is 2.87. The van der Waals surface area contributed by atoms with Crippen molar-refractivity contribution in [1.82, 2.24) is 30.4 Å².